The first-order valence-electron chi connectivity index (χ1n) is 8.22. The number of hydrogen-bond donors (Lipinski definition) is 1. The summed E-state index contributed by atoms with van der Waals surface area (Å²) < 4.78 is 0. The summed E-state index contributed by atoms with van der Waals surface area (Å²) in [5.41, 5.74) is 5.67. The maximum absolute atomic E-state index is 3.72. The number of aryl methyl sites for hydroxylation is 1. The van der Waals surface area contributed by atoms with Crippen LogP contribution in [-0.2, 0) is 6.42 Å². The van der Waals surface area contributed by atoms with Crippen molar-refractivity contribution in [1.82, 2.24) is 0 Å². The van der Waals surface area contributed by atoms with Crippen molar-refractivity contribution < 1.29 is 0 Å². The average Bonchev–Trinajstić information content (AvgIpc) is 2.55. The van der Waals surface area contributed by atoms with Gasteiger partial charge in [0.2, 0.25) is 0 Å². The molecule has 0 amide bonds. The third kappa shape index (κ3) is 3.12. The maximum Gasteiger partial charge on any atom is 0.0516 e. The number of nitrogens with one attached hydrogen (secondary N) is 1. The van der Waals surface area contributed by atoms with E-state index >= 15 is 0 Å². The van der Waals surface area contributed by atoms with Crippen LogP contribution in [0.4, 0.5) is 5.69 Å². The third-order valence-corrected chi connectivity index (χ3v) is 4.80. The summed E-state index contributed by atoms with van der Waals surface area (Å²) in [4.78, 5) is 0. The van der Waals surface area contributed by atoms with Gasteiger partial charge in [0.05, 0.1) is 6.04 Å². The van der Waals surface area contributed by atoms with E-state index in [0.717, 1.165) is 0 Å². The van der Waals surface area contributed by atoms with Crippen LogP contribution in [-0.4, -0.2) is 0 Å². The molecule has 3 rings (SSSR count). The van der Waals surface area contributed by atoms with Gasteiger partial charge < -0.3 is 5.32 Å². The molecule has 0 bridgehead atoms. The van der Waals surface area contributed by atoms with E-state index in [9.17, 15) is 0 Å². The van der Waals surface area contributed by atoms with Crippen LogP contribution < -0.4 is 5.32 Å². The van der Waals surface area contributed by atoms with Gasteiger partial charge in [-0.3, -0.25) is 0 Å². The third-order valence-electron chi connectivity index (χ3n) is 4.80. The van der Waals surface area contributed by atoms with Gasteiger partial charge in [0.1, 0.15) is 0 Å². The SMILES string of the molecule is CCC(C)c1ccc(NC2CCCc3ccccc32)cc1. The van der Waals surface area contributed by atoms with Crippen molar-refractivity contribution in [2.24, 2.45) is 0 Å². The van der Waals surface area contributed by atoms with E-state index in [1.807, 2.05) is 0 Å². The Labute approximate surface area is 128 Å². The van der Waals surface area contributed by atoms with E-state index in [0.29, 0.717) is 12.0 Å². The number of rotatable bonds is 4. The quantitative estimate of drug-likeness (QED) is 0.758. The molecule has 0 radical (unpaired) electrons. The Kier molecular flexibility index (Phi) is 4.28. The second-order valence-corrected chi connectivity index (χ2v) is 6.22. The van der Waals surface area contributed by atoms with E-state index < -0.39 is 0 Å². The largest absolute Gasteiger partial charge is 0.378 e. The summed E-state index contributed by atoms with van der Waals surface area (Å²) >= 11 is 0. The van der Waals surface area contributed by atoms with Gasteiger partial charge in [0, 0.05) is 5.69 Å². The number of anilines is 1. The fraction of sp³-hybridized carbons (Fsp3) is 0.400. The first-order chi connectivity index (χ1) is 10.3. The van der Waals surface area contributed by atoms with Crippen LogP contribution in [0.1, 0.15) is 61.8 Å². The normalized spacial score (nSPS) is 18.9. The maximum atomic E-state index is 3.72. The fourth-order valence-corrected chi connectivity index (χ4v) is 3.25. The molecule has 0 heterocycles. The standard InChI is InChI=1S/C20H25N/c1-3-15(2)16-11-13-18(14-12-16)21-20-10-6-8-17-7-4-5-9-19(17)20/h4-5,7,9,11-15,20-21H,3,6,8,10H2,1-2H3. The summed E-state index contributed by atoms with van der Waals surface area (Å²) in [5, 5.41) is 3.72. The number of benzene rings is 2. The summed E-state index contributed by atoms with van der Waals surface area (Å²) in [7, 11) is 0. The summed E-state index contributed by atoms with van der Waals surface area (Å²) in [6.45, 7) is 4.54. The monoisotopic (exact) mass is 279 g/mol. The number of fused-ring (bicyclic) bond motifs is 1. The lowest BCUT2D eigenvalue weighted by atomic mass is 9.87. The zero-order valence-electron chi connectivity index (χ0n) is 13.1. The second kappa shape index (κ2) is 6.34. The molecule has 1 nitrogen and oxygen atoms in total. The van der Waals surface area contributed by atoms with Crippen molar-refractivity contribution in [3.05, 3.63) is 65.2 Å². The predicted octanol–water partition coefficient (Wildman–Crippen LogP) is 5.69. The summed E-state index contributed by atoms with van der Waals surface area (Å²) in [5.74, 6) is 0.648. The van der Waals surface area contributed by atoms with E-state index in [-0.39, 0.29) is 0 Å². The first-order valence-corrected chi connectivity index (χ1v) is 8.22. The highest BCUT2D eigenvalue weighted by Crippen LogP contribution is 2.32. The van der Waals surface area contributed by atoms with Crippen LogP contribution >= 0.6 is 0 Å². The Balaban J connectivity index is 1.76. The summed E-state index contributed by atoms with van der Waals surface area (Å²) in [6.07, 6.45) is 4.92. The Bertz CT molecular complexity index is 585. The molecule has 0 saturated heterocycles. The van der Waals surface area contributed by atoms with Gasteiger partial charge in [-0.2, -0.15) is 0 Å². The highest BCUT2D eigenvalue weighted by Gasteiger charge is 2.19. The van der Waals surface area contributed by atoms with Crippen molar-refractivity contribution in [2.75, 3.05) is 5.32 Å². The lowest BCUT2D eigenvalue weighted by Crippen LogP contribution is -2.17. The van der Waals surface area contributed by atoms with Crippen molar-refractivity contribution in [3.63, 3.8) is 0 Å². The molecular formula is C20H25N. The molecule has 2 atom stereocenters. The lowest BCUT2D eigenvalue weighted by Gasteiger charge is -2.27. The van der Waals surface area contributed by atoms with E-state index in [1.165, 1.54) is 48.1 Å². The molecule has 2 aromatic carbocycles. The Morgan fingerprint density at radius 1 is 1.10 bits per heavy atom. The average molecular weight is 279 g/mol. The van der Waals surface area contributed by atoms with E-state index in [1.54, 1.807) is 0 Å². The molecule has 1 N–H and O–H groups in total. The van der Waals surface area contributed by atoms with Crippen molar-refractivity contribution in [2.45, 2.75) is 51.5 Å². The molecule has 2 unspecified atom stereocenters. The minimum absolute atomic E-state index is 0.462. The lowest BCUT2D eigenvalue weighted by molar-refractivity contribution is 0.600. The molecule has 2 aromatic rings. The van der Waals surface area contributed by atoms with Crippen LogP contribution in [0.2, 0.25) is 0 Å². The molecule has 0 aromatic heterocycles. The van der Waals surface area contributed by atoms with Gasteiger partial charge >= 0.3 is 0 Å². The predicted molar refractivity (Wildman–Crippen MR) is 90.9 cm³/mol. The van der Waals surface area contributed by atoms with Crippen LogP contribution in [0.5, 0.6) is 0 Å². The van der Waals surface area contributed by atoms with Gasteiger partial charge in [0.25, 0.3) is 0 Å². The minimum atomic E-state index is 0.462. The highest BCUT2D eigenvalue weighted by atomic mass is 14.9. The fourth-order valence-electron chi connectivity index (χ4n) is 3.25. The summed E-state index contributed by atoms with van der Waals surface area (Å²) in [6, 6.07) is 18.3. The molecule has 0 spiro atoms. The van der Waals surface area contributed by atoms with Crippen LogP contribution in [0, 0.1) is 0 Å². The first kappa shape index (κ1) is 14.2. The van der Waals surface area contributed by atoms with Crippen LogP contribution in [0.25, 0.3) is 0 Å². The molecular weight excluding hydrogens is 254 g/mol. The van der Waals surface area contributed by atoms with Crippen LogP contribution in [0.15, 0.2) is 48.5 Å². The van der Waals surface area contributed by atoms with Gasteiger partial charge in [-0.15, -0.1) is 0 Å². The Hall–Kier alpha value is -1.76. The molecule has 1 heteroatoms. The van der Waals surface area contributed by atoms with Crippen molar-refractivity contribution in [3.8, 4) is 0 Å². The zero-order chi connectivity index (χ0) is 14.7. The zero-order valence-corrected chi connectivity index (χ0v) is 13.1. The second-order valence-electron chi connectivity index (χ2n) is 6.22. The molecule has 0 fully saturated rings. The number of hydrogen-bond acceptors (Lipinski definition) is 1. The van der Waals surface area contributed by atoms with E-state index in [2.05, 4.69) is 67.7 Å². The molecule has 0 aliphatic heterocycles. The Morgan fingerprint density at radius 3 is 2.62 bits per heavy atom. The molecule has 1 aliphatic carbocycles. The van der Waals surface area contributed by atoms with Gasteiger partial charge in [-0.25, -0.2) is 0 Å². The Morgan fingerprint density at radius 2 is 1.86 bits per heavy atom. The molecule has 1 aliphatic rings. The highest BCUT2D eigenvalue weighted by molar-refractivity contribution is 5.48. The minimum Gasteiger partial charge on any atom is -0.378 e. The molecule has 0 saturated carbocycles. The van der Waals surface area contributed by atoms with Gasteiger partial charge in [-0.1, -0.05) is 50.2 Å². The van der Waals surface area contributed by atoms with Gasteiger partial charge in [-0.05, 0) is 60.4 Å². The van der Waals surface area contributed by atoms with Crippen LogP contribution in [0.3, 0.4) is 0 Å². The van der Waals surface area contributed by atoms with Crippen molar-refractivity contribution >= 4 is 5.69 Å². The molecule has 110 valence electrons. The van der Waals surface area contributed by atoms with E-state index in [4.69, 9.17) is 0 Å². The van der Waals surface area contributed by atoms with Crippen molar-refractivity contribution in [1.29, 1.82) is 0 Å². The smallest absolute Gasteiger partial charge is 0.0516 e. The topological polar surface area (TPSA) is 12.0 Å². The molecule has 21 heavy (non-hydrogen) atoms. The van der Waals surface area contributed by atoms with Gasteiger partial charge in [0.15, 0.2) is 0 Å².